The average molecular weight is 287 g/mol. The predicted octanol–water partition coefficient (Wildman–Crippen LogP) is 3.44. The number of aromatic carboxylic acids is 1. The lowest BCUT2D eigenvalue weighted by atomic mass is 10.2. The number of hydrogen-bond acceptors (Lipinski definition) is 2. The molecule has 100 valence electrons. The summed E-state index contributed by atoms with van der Waals surface area (Å²) in [6.07, 6.45) is 3.16. The Labute approximate surface area is 120 Å². The first-order valence-electron chi connectivity index (χ1n) is 6.07. The van der Waals surface area contributed by atoms with E-state index in [0.29, 0.717) is 17.6 Å². The van der Waals surface area contributed by atoms with E-state index < -0.39 is 5.97 Å². The zero-order valence-corrected chi connectivity index (χ0v) is 11.2. The summed E-state index contributed by atoms with van der Waals surface area (Å²) in [4.78, 5) is 15.2. The van der Waals surface area contributed by atoms with Crippen molar-refractivity contribution < 1.29 is 9.90 Å². The van der Waals surface area contributed by atoms with Crippen LogP contribution >= 0.6 is 11.6 Å². The van der Waals surface area contributed by atoms with E-state index in [0.717, 1.165) is 5.56 Å². The van der Waals surface area contributed by atoms with Crippen LogP contribution in [0.15, 0.2) is 48.8 Å². The quantitative estimate of drug-likeness (QED) is 0.802. The Morgan fingerprint density at radius 3 is 2.70 bits per heavy atom. The zero-order chi connectivity index (χ0) is 14.1. The largest absolute Gasteiger partial charge is 0.478 e. The summed E-state index contributed by atoms with van der Waals surface area (Å²) < 4.78 is 1.95. The summed E-state index contributed by atoms with van der Waals surface area (Å²) in [7, 11) is 0. The fraction of sp³-hybridized carbons (Fsp3) is 0.0667. The number of halogens is 1. The molecule has 2 aromatic heterocycles. The van der Waals surface area contributed by atoms with Gasteiger partial charge in [0.2, 0.25) is 0 Å². The minimum absolute atomic E-state index is 0.0247. The molecule has 1 aromatic carbocycles. The van der Waals surface area contributed by atoms with Gasteiger partial charge >= 0.3 is 5.97 Å². The van der Waals surface area contributed by atoms with Crippen LogP contribution in [0.2, 0.25) is 5.02 Å². The minimum atomic E-state index is -1.07. The van der Waals surface area contributed by atoms with Gasteiger partial charge in [0.25, 0.3) is 0 Å². The molecule has 0 amide bonds. The van der Waals surface area contributed by atoms with Gasteiger partial charge in [-0.3, -0.25) is 0 Å². The van der Waals surface area contributed by atoms with E-state index in [1.54, 1.807) is 6.07 Å². The Hall–Kier alpha value is -2.33. The molecule has 3 aromatic rings. The van der Waals surface area contributed by atoms with E-state index in [-0.39, 0.29) is 10.6 Å². The second kappa shape index (κ2) is 4.98. The number of hydrogen-bond donors (Lipinski definition) is 1. The van der Waals surface area contributed by atoms with Crippen molar-refractivity contribution in [2.24, 2.45) is 0 Å². The number of carbonyl (C=O) groups is 1. The highest BCUT2D eigenvalue weighted by Gasteiger charge is 2.15. The molecule has 3 rings (SSSR count). The third kappa shape index (κ3) is 2.14. The number of carboxylic acid groups (broad SMARTS) is 1. The lowest BCUT2D eigenvalue weighted by Crippen LogP contribution is -2.02. The first-order chi connectivity index (χ1) is 9.66. The third-order valence-electron chi connectivity index (χ3n) is 3.15. The molecule has 0 unspecified atom stereocenters. The van der Waals surface area contributed by atoms with E-state index in [1.807, 2.05) is 41.1 Å². The standard InChI is InChI=1S/C15H11ClN2O2/c16-13-11-6-7-18(9-10-4-2-1-3-5-10)14(11)17-8-12(13)15(19)20/h1-8H,9H2,(H,19,20). The molecule has 1 N–H and O–H groups in total. The van der Waals surface area contributed by atoms with Gasteiger partial charge in [0, 0.05) is 24.3 Å². The van der Waals surface area contributed by atoms with Gasteiger partial charge in [-0.15, -0.1) is 0 Å². The Bertz CT molecular complexity index is 781. The molecule has 2 heterocycles. The van der Waals surface area contributed by atoms with Crippen LogP contribution in [0.1, 0.15) is 15.9 Å². The van der Waals surface area contributed by atoms with Crippen LogP contribution in [0, 0.1) is 0 Å². The molecule has 0 saturated heterocycles. The van der Waals surface area contributed by atoms with E-state index in [1.165, 1.54) is 6.20 Å². The summed E-state index contributed by atoms with van der Waals surface area (Å²) in [6.45, 7) is 0.667. The molecule has 0 aliphatic heterocycles. The van der Waals surface area contributed by atoms with Crippen LogP contribution < -0.4 is 0 Å². The fourth-order valence-electron chi connectivity index (χ4n) is 2.16. The molecule has 0 aliphatic rings. The summed E-state index contributed by atoms with van der Waals surface area (Å²) in [6, 6.07) is 11.8. The van der Waals surface area contributed by atoms with Crippen molar-refractivity contribution in [3.05, 3.63) is 64.9 Å². The van der Waals surface area contributed by atoms with Crippen LogP contribution in [0.4, 0.5) is 0 Å². The van der Waals surface area contributed by atoms with Gasteiger partial charge in [-0.05, 0) is 11.6 Å². The topological polar surface area (TPSA) is 55.1 Å². The number of pyridine rings is 1. The van der Waals surface area contributed by atoms with Crippen molar-refractivity contribution in [3.63, 3.8) is 0 Å². The highest BCUT2D eigenvalue weighted by Crippen LogP contribution is 2.27. The number of carboxylic acids is 1. The van der Waals surface area contributed by atoms with Crippen molar-refractivity contribution in [2.45, 2.75) is 6.54 Å². The van der Waals surface area contributed by atoms with Crippen LogP contribution in [-0.2, 0) is 6.54 Å². The minimum Gasteiger partial charge on any atom is -0.478 e. The molecule has 0 radical (unpaired) electrons. The number of benzene rings is 1. The highest BCUT2D eigenvalue weighted by molar-refractivity contribution is 6.38. The number of fused-ring (bicyclic) bond motifs is 1. The van der Waals surface area contributed by atoms with E-state index in [2.05, 4.69) is 4.98 Å². The SMILES string of the molecule is O=C(O)c1cnc2c(ccn2Cc2ccccc2)c1Cl. The molecule has 5 heteroatoms. The zero-order valence-electron chi connectivity index (χ0n) is 10.5. The first kappa shape index (κ1) is 12.7. The van der Waals surface area contributed by atoms with Gasteiger partial charge in [0.1, 0.15) is 5.65 Å². The van der Waals surface area contributed by atoms with Crippen molar-refractivity contribution in [2.75, 3.05) is 0 Å². The number of rotatable bonds is 3. The third-order valence-corrected chi connectivity index (χ3v) is 3.56. The second-order valence-electron chi connectivity index (χ2n) is 4.46. The van der Waals surface area contributed by atoms with E-state index >= 15 is 0 Å². The average Bonchev–Trinajstić information content (AvgIpc) is 2.84. The highest BCUT2D eigenvalue weighted by atomic mass is 35.5. The Balaban J connectivity index is 2.06. The van der Waals surface area contributed by atoms with Crippen molar-refractivity contribution in [3.8, 4) is 0 Å². The van der Waals surface area contributed by atoms with Gasteiger partial charge < -0.3 is 9.67 Å². The van der Waals surface area contributed by atoms with Crippen molar-refractivity contribution in [1.82, 2.24) is 9.55 Å². The predicted molar refractivity (Wildman–Crippen MR) is 77.2 cm³/mol. The van der Waals surface area contributed by atoms with Crippen LogP contribution in [0.5, 0.6) is 0 Å². The summed E-state index contributed by atoms with van der Waals surface area (Å²) in [5.74, 6) is -1.07. The van der Waals surface area contributed by atoms with Crippen LogP contribution in [-0.4, -0.2) is 20.6 Å². The van der Waals surface area contributed by atoms with E-state index in [4.69, 9.17) is 16.7 Å². The molecule has 0 atom stereocenters. The molecule has 0 fully saturated rings. The Kier molecular flexibility index (Phi) is 3.16. The van der Waals surface area contributed by atoms with Crippen LogP contribution in [0.3, 0.4) is 0 Å². The molecule has 0 bridgehead atoms. The maximum atomic E-state index is 11.0. The number of nitrogens with zero attached hydrogens (tertiary/aromatic N) is 2. The lowest BCUT2D eigenvalue weighted by molar-refractivity contribution is 0.0697. The first-order valence-corrected chi connectivity index (χ1v) is 6.45. The van der Waals surface area contributed by atoms with Crippen molar-refractivity contribution in [1.29, 1.82) is 0 Å². The van der Waals surface area contributed by atoms with Crippen LogP contribution in [0.25, 0.3) is 11.0 Å². The maximum absolute atomic E-state index is 11.0. The van der Waals surface area contributed by atoms with Gasteiger partial charge in [0.05, 0.1) is 10.6 Å². The molecule has 0 aliphatic carbocycles. The fourth-order valence-corrected chi connectivity index (χ4v) is 2.44. The van der Waals surface area contributed by atoms with Gasteiger partial charge in [-0.1, -0.05) is 41.9 Å². The van der Waals surface area contributed by atoms with Gasteiger partial charge in [-0.2, -0.15) is 0 Å². The monoisotopic (exact) mass is 286 g/mol. The second-order valence-corrected chi connectivity index (χ2v) is 4.84. The van der Waals surface area contributed by atoms with Gasteiger partial charge in [-0.25, -0.2) is 9.78 Å². The van der Waals surface area contributed by atoms with E-state index in [9.17, 15) is 4.79 Å². The Morgan fingerprint density at radius 1 is 1.25 bits per heavy atom. The summed E-state index contributed by atoms with van der Waals surface area (Å²) in [5.41, 5.74) is 1.85. The Morgan fingerprint density at radius 2 is 2.00 bits per heavy atom. The molecule has 20 heavy (non-hydrogen) atoms. The smallest absolute Gasteiger partial charge is 0.338 e. The maximum Gasteiger partial charge on any atom is 0.338 e. The molecular formula is C15H11ClN2O2. The summed E-state index contributed by atoms with van der Waals surface area (Å²) >= 11 is 6.12. The molecule has 0 saturated carbocycles. The molecule has 4 nitrogen and oxygen atoms in total. The molecular weight excluding hydrogens is 276 g/mol. The van der Waals surface area contributed by atoms with Gasteiger partial charge in [0.15, 0.2) is 0 Å². The lowest BCUT2D eigenvalue weighted by Gasteiger charge is -2.06. The summed E-state index contributed by atoms with van der Waals surface area (Å²) in [5, 5.41) is 9.92. The number of aromatic nitrogens is 2. The molecule has 0 spiro atoms. The normalized spacial score (nSPS) is 10.8. The van der Waals surface area contributed by atoms with Crippen molar-refractivity contribution >= 4 is 28.6 Å².